The van der Waals surface area contributed by atoms with E-state index in [2.05, 4.69) is 10.0 Å². The van der Waals surface area contributed by atoms with E-state index in [0.29, 0.717) is 5.56 Å². The molecule has 1 amide bonds. The second-order valence-electron chi connectivity index (χ2n) is 6.95. The number of nitro groups is 1. The zero-order chi connectivity index (χ0) is 21.7. The second kappa shape index (κ2) is 8.97. The summed E-state index contributed by atoms with van der Waals surface area (Å²) in [6.07, 6.45) is -1.26. The van der Waals surface area contributed by atoms with Gasteiger partial charge in [0.25, 0.3) is 5.69 Å². The lowest BCUT2D eigenvalue weighted by atomic mass is 10.2. The molecule has 1 unspecified atom stereocenters. The highest BCUT2D eigenvalue weighted by atomic mass is 32.2. The third-order valence-corrected chi connectivity index (χ3v) is 4.81. The molecule has 0 radical (unpaired) electrons. The van der Waals surface area contributed by atoms with Crippen molar-refractivity contribution in [1.29, 1.82) is 0 Å². The van der Waals surface area contributed by atoms with E-state index in [1.165, 1.54) is 6.07 Å². The average Bonchev–Trinajstić information content (AvgIpc) is 2.51. The summed E-state index contributed by atoms with van der Waals surface area (Å²) in [5, 5.41) is 22.4. The van der Waals surface area contributed by atoms with Crippen LogP contribution in [0, 0.1) is 17.0 Å². The molecular weight excluding hydrogens is 394 g/mol. The molecule has 1 aromatic carbocycles. The second-order valence-corrected chi connectivity index (χ2v) is 8.69. The smallest absolute Gasteiger partial charge is 0.408 e. The molecule has 1 atom stereocenters. The lowest BCUT2D eigenvalue weighted by molar-refractivity contribution is -0.387. The predicted octanol–water partition coefficient (Wildman–Crippen LogP) is 1.55. The van der Waals surface area contributed by atoms with Crippen LogP contribution >= 0.6 is 0 Å². The number of carboxylic acids is 1. The number of carbonyl (C=O) groups is 2. The molecule has 0 aliphatic heterocycles. The number of carbonyl (C=O) groups excluding carboxylic acids is 1. The van der Waals surface area contributed by atoms with E-state index in [0.717, 1.165) is 12.1 Å². The van der Waals surface area contributed by atoms with Crippen LogP contribution in [0.15, 0.2) is 23.1 Å². The summed E-state index contributed by atoms with van der Waals surface area (Å²) in [4.78, 5) is 32.7. The van der Waals surface area contributed by atoms with E-state index in [1.54, 1.807) is 27.7 Å². The molecular formula is C16H23N3O8S. The van der Waals surface area contributed by atoms with E-state index in [1.807, 2.05) is 0 Å². The van der Waals surface area contributed by atoms with Gasteiger partial charge in [0.15, 0.2) is 4.90 Å². The molecule has 28 heavy (non-hydrogen) atoms. The topological polar surface area (TPSA) is 165 Å². The molecule has 0 aromatic heterocycles. The molecule has 0 aliphatic carbocycles. The Balaban J connectivity index is 2.84. The maximum Gasteiger partial charge on any atom is 0.408 e. The summed E-state index contributed by atoms with van der Waals surface area (Å²) >= 11 is 0. The van der Waals surface area contributed by atoms with Gasteiger partial charge in [0.1, 0.15) is 11.6 Å². The first-order valence-electron chi connectivity index (χ1n) is 8.20. The molecule has 11 nitrogen and oxygen atoms in total. The molecule has 1 rings (SSSR count). The maximum absolute atomic E-state index is 12.4. The number of hydrogen-bond acceptors (Lipinski definition) is 7. The Bertz CT molecular complexity index is 861. The SMILES string of the molecule is Cc1ccc([N+](=O)[O-])c(S(=O)(=O)NCCC(NC(=O)OC(C)(C)C)C(=O)O)c1. The molecule has 0 bridgehead atoms. The maximum atomic E-state index is 12.4. The molecule has 12 heteroatoms. The lowest BCUT2D eigenvalue weighted by Crippen LogP contribution is -2.45. The summed E-state index contributed by atoms with van der Waals surface area (Å²) in [6.45, 7) is 6.01. The Hall–Kier alpha value is -2.73. The van der Waals surface area contributed by atoms with Gasteiger partial charge in [0.05, 0.1) is 4.92 Å². The van der Waals surface area contributed by atoms with E-state index < -0.39 is 49.2 Å². The van der Waals surface area contributed by atoms with Crippen molar-refractivity contribution in [2.45, 2.75) is 50.7 Å². The van der Waals surface area contributed by atoms with E-state index in [9.17, 15) is 33.2 Å². The first-order valence-corrected chi connectivity index (χ1v) is 9.68. The molecule has 156 valence electrons. The van der Waals surface area contributed by atoms with Crippen molar-refractivity contribution < 1.29 is 32.8 Å². The van der Waals surface area contributed by atoms with Crippen LogP contribution in [0.4, 0.5) is 10.5 Å². The third-order valence-electron chi connectivity index (χ3n) is 3.32. The number of benzene rings is 1. The third kappa shape index (κ3) is 7.12. The number of rotatable bonds is 8. The van der Waals surface area contributed by atoms with Crippen LogP contribution in [0.25, 0.3) is 0 Å². The Morgan fingerprint density at radius 3 is 2.43 bits per heavy atom. The minimum Gasteiger partial charge on any atom is -0.480 e. The molecule has 0 spiro atoms. The highest BCUT2D eigenvalue weighted by Gasteiger charge is 2.27. The number of carboxylic acid groups (broad SMARTS) is 1. The number of nitrogens with zero attached hydrogens (tertiary/aromatic N) is 1. The highest BCUT2D eigenvalue weighted by molar-refractivity contribution is 7.89. The van der Waals surface area contributed by atoms with Crippen molar-refractivity contribution in [3.63, 3.8) is 0 Å². The van der Waals surface area contributed by atoms with Crippen LogP contribution in [0.2, 0.25) is 0 Å². The summed E-state index contributed by atoms with van der Waals surface area (Å²) in [5.74, 6) is -1.38. The Morgan fingerprint density at radius 1 is 1.32 bits per heavy atom. The van der Waals surface area contributed by atoms with Gasteiger partial charge in [-0.25, -0.2) is 22.7 Å². The molecule has 0 heterocycles. The van der Waals surface area contributed by atoms with E-state index >= 15 is 0 Å². The highest BCUT2D eigenvalue weighted by Crippen LogP contribution is 2.24. The fourth-order valence-corrected chi connectivity index (χ4v) is 3.41. The zero-order valence-electron chi connectivity index (χ0n) is 15.9. The number of aliphatic carboxylic acids is 1. The van der Waals surface area contributed by atoms with Gasteiger partial charge in [-0.1, -0.05) is 6.07 Å². The van der Waals surface area contributed by atoms with Gasteiger partial charge in [-0.2, -0.15) is 0 Å². The van der Waals surface area contributed by atoms with Gasteiger partial charge in [0, 0.05) is 12.6 Å². The van der Waals surface area contributed by atoms with Gasteiger partial charge in [-0.15, -0.1) is 0 Å². The first-order chi connectivity index (χ1) is 12.7. The number of sulfonamides is 1. The first kappa shape index (κ1) is 23.3. The number of nitrogens with one attached hydrogen (secondary N) is 2. The Kier molecular flexibility index (Phi) is 7.47. The number of nitro benzene ring substituents is 1. The van der Waals surface area contributed by atoms with Crippen LogP contribution < -0.4 is 10.0 Å². The number of hydrogen-bond donors (Lipinski definition) is 3. The number of amides is 1. The van der Waals surface area contributed by atoms with Crippen LogP contribution in [0.3, 0.4) is 0 Å². The van der Waals surface area contributed by atoms with Crippen LogP contribution in [0.5, 0.6) is 0 Å². The van der Waals surface area contributed by atoms with Crippen molar-refractivity contribution in [1.82, 2.24) is 10.0 Å². The van der Waals surface area contributed by atoms with Crippen molar-refractivity contribution >= 4 is 27.8 Å². The normalized spacial score (nSPS) is 12.9. The number of ether oxygens (including phenoxy) is 1. The van der Waals surface area contributed by atoms with Crippen molar-refractivity contribution in [2.24, 2.45) is 0 Å². The van der Waals surface area contributed by atoms with Crippen LogP contribution in [-0.4, -0.2) is 48.7 Å². The summed E-state index contributed by atoms with van der Waals surface area (Å²) < 4.78 is 31.9. The van der Waals surface area contributed by atoms with Gasteiger partial charge < -0.3 is 15.2 Å². The molecule has 0 aliphatic rings. The van der Waals surface area contributed by atoms with Crippen LogP contribution in [-0.2, 0) is 19.6 Å². The molecule has 3 N–H and O–H groups in total. The van der Waals surface area contributed by atoms with Crippen molar-refractivity contribution in [2.75, 3.05) is 6.54 Å². The largest absolute Gasteiger partial charge is 0.480 e. The molecule has 0 saturated heterocycles. The quantitative estimate of drug-likeness (QED) is 0.423. The predicted molar refractivity (Wildman–Crippen MR) is 98.4 cm³/mol. The lowest BCUT2D eigenvalue weighted by Gasteiger charge is -2.22. The fourth-order valence-electron chi connectivity index (χ4n) is 2.11. The van der Waals surface area contributed by atoms with E-state index in [-0.39, 0.29) is 13.0 Å². The molecule has 0 fully saturated rings. The molecule has 1 aromatic rings. The van der Waals surface area contributed by atoms with Gasteiger partial charge in [-0.05, 0) is 45.7 Å². The minimum absolute atomic E-state index is 0.298. The standard InChI is InChI=1S/C16H23N3O8S/c1-10-5-6-12(19(23)24)13(9-10)28(25,26)17-8-7-11(14(20)21)18-15(22)27-16(2,3)4/h5-6,9,11,17H,7-8H2,1-4H3,(H,18,22)(H,20,21). The average molecular weight is 417 g/mol. The van der Waals surface area contributed by atoms with Gasteiger partial charge in [-0.3, -0.25) is 10.1 Å². The summed E-state index contributed by atoms with van der Waals surface area (Å²) in [7, 11) is -4.27. The Labute approximate surface area is 162 Å². The Morgan fingerprint density at radius 2 is 1.93 bits per heavy atom. The summed E-state index contributed by atoms with van der Waals surface area (Å²) in [6, 6.07) is 2.22. The minimum atomic E-state index is -4.27. The summed E-state index contributed by atoms with van der Waals surface area (Å²) in [5.41, 5.74) is -0.931. The number of alkyl carbamates (subject to hydrolysis) is 1. The van der Waals surface area contributed by atoms with Gasteiger partial charge >= 0.3 is 12.1 Å². The fraction of sp³-hybridized carbons (Fsp3) is 0.500. The number of aryl methyl sites for hydroxylation is 1. The van der Waals surface area contributed by atoms with Crippen LogP contribution in [0.1, 0.15) is 32.8 Å². The van der Waals surface area contributed by atoms with Crippen molar-refractivity contribution in [3.8, 4) is 0 Å². The van der Waals surface area contributed by atoms with Crippen molar-refractivity contribution in [3.05, 3.63) is 33.9 Å². The monoisotopic (exact) mass is 417 g/mol. The zero-order valence-corrected chi connectivity index (χ0v) is 16.7. The van der Waals surface area contributed by atoms with E-state index in [4.69, 9.17) is 4.74 Å². The molecule has 0 saturated carbocycles. The van der Waals surface area contributed by atoms with Gasteiger partial charge in [0.2, 0.25) is 10.0 Å².